The molecule has 12 heteroatoms. The summed E-state index contributed by atoms with van der Waals surface area (Å²) in [5.74, 6) is -2.72. The van der Waals surface area contributed by atoms with Crippen molar-refractivity contribution in [3.8, 4) is 0 Å². The number of alkyl halides is 5. The topological polar surface area (TPSA) is 74.2 Å². The lowest BCUT2D eigenvalue weighted by atomic mass is 9.93. The van der Waals surface area contributed by atoms with Crippen molar-refractivity contribution in [2.75, 3.05) is 36.4 Å². The number of rotatable bonds is 5. The first-order valence-electron chi connectivity index (χ1n) is 11.5. The number of piperidine rings is 1. The van der Waals surface area contributed by atoms with Crippen LogP contribution in [0.1, 0.15) is 49.8 Å². The van der Waals surface area contributed by atoms with Crippen molar-refractivity contribution < 1.29 is 26.7 Å². The van der Waals surface area contributed by atoms with E-state index >= 15 is 0 Å². The van der Waals surface area contributed by atoms with Crippen LogP contribution in [0.3, 0.4) is 0 Å². The summed E-state index contributed by atoms with van der Waals surface area (Å²) in [6, 6.07) is 3.32. The van der Waals surface area contributed by atoms with E-state index in [0.717, 1.165) is 44.0 Å². The van der Waals surface area contributed by atoms with E-state index in [4.69, 9.17) is 0 Å². The van der Waals surface area contributed by atoms with Gasteiger partial charge in [-0.15, -0.1) is 0 Å². The van der Waals surface area contributed by atoms with Gasteiger partial charge in [-0.05, 0) is 37.8 Å². The van der Waals surface area contributed by atoms with Crippen LogP contribution in [0, 0.1) is 5.41 Å². The number of nitrogens with one attached hydrogen (secondary N) is 1. The van der Waals surface area contributed by atoms with Crippen molar-refractivity contribution in [3.05, 3.63) is 35.7 Å². The van der Waals surface area contributed by atoms with E-state index in [1.54, 1.807) is 6.07 Å². The van der Waals surface area contributed by atoms with Crippen molar-refractivity contribution >= 4 is 23.5 Å². The minimum absolute atomic E-state index is 0.0699. The summed E-state index contributed by atoms with van der Waals surface area (Å²) in [5.41, 5.74) is -0.621. The second kappa shape index (κ2) is 8.27. The Balaban J connectivity index is 1.42. The molecule has 4 heterocycles. The molecule has 0 bridgehead atoms. The van der Waals surface area contributed by atoms with Gasteiger partial charge in [-0.2, -0.15) is 18.2 Å². The van der Waals surface area contributed by atoms with Crippen molar-refractivity contribution in [2.45, 2.75) is 50.6 Å². The van der Waals surface area contributed by atoms with E-state index in [0.29, 0.717) is 18.8 Å². The van der Waals surface area contributed by atoms with E-state index in [-0.39, 0.29) is 34.8 Å². The summed E-state index contributed by atoms with van der Waals surface area (Å²) in [5, 5.41) is 2.77. The lowest BCUT2D eigenvalue weighted by Crippen LogP contribution is -2.57. The van der Waals surface area contributed by atoms with Crippen molar-refractivity contribution in [2.24, 2.45) is 5.41 Å². The number of aromatic nitrogens is 3. The summed E-state index contributed by atoms with van der Waals surface area (Å²) in [7, 11) is 0. The third kappa shape index (κ3) is 5.01. The molecule has 1 saturated carbocycles. The molecular formula is C23H25F5N6O. The zero-order chi connectivity index (χ0) is 25.0. The fraction of sp³-hybridized carbons (Fsp3) is 0.565. The molecule has 3 fully saturated rings. The van der Waals surface area contributed by atoms with Gasteiger partial charge in [-0.25, -0.2) is 18.7 Å². The minimum atomic E-state index is -4.54. The molecule has 1 unspecified atom stereocenters. The maximum atomic E-state index is 13.5. The zero-order valence-electron chi connectivity index (χ0n) is 19.1. The largest absolute Gasteiger partial charge is 0.416 e. The number of likely N-dealkylation sites (tertiary alicyclic amines) is 1. The van der Waals surface area contributed by atoms with Gasteiger partial charge in [0.05, 0.1) is 24.3 Å². The predicted octanol–water partition coefficient (Wildman–Crippen LogP) is 4.60. The van der Waals surface area contributed by atoms with Crippen LogP contribution < -0.4 is 10.2 Å². The molecule has 1 aliphatic carbocycles. The van der Waals surface area contributed by atoms with Gasteiger partial charge in [-0.1, -0.05) is 6.92 Å². The molecule has 35 heavy (non-hydrogen) atoms. The average molecular weight is 496 g/mol. The Morgan fingerprint density at radius 1 is 1.14 bits per heavy atom. The van der Waals surface area contributed by atoms with Gasteiger partial charge in [0, 0.05) is 36.7 Å². The second-order valence-corrected chi connectivity index (χ2v) is 9.89. The van der Waals surface area contributed by atoms with Crippen molar-refractivity contribution in [3.63, 3.8) is 0 Å². The monoisotopic (exact) mass is 496 g/mol. The fourth-order valence-corrected chi connectivity index (χ4v) is 4.51. The summed E-state index contributed by atoms with van der Waals surface area (Å²) in [6.07, 6.45) is -0.258. The first-order valence-corrected chi connectivity index (χ1v) is 11.5. The van der Waals surface area contributed by atoms with Gasteiger partial charge in [0.1, 0.15) is 11.6 Å². The van der Waals surface area contributed by atoms with E-state index in [1.807, 2.05) is 11.8 Å². The van der Waals surface area contributed by atoms with Crippen LogP contribution in [0.15, 0.2) is 24.4 Å². The predicted molar refractivity (Wildman–Crippen MR) is 118 cm³/mol. The molecular weight excluding hydrogens is 471 g/mol. The van der Waals surface area contributed by atoms with Gasteiger partial charge < -0.3 is 15.1 Å². The number of amides is 1. The fourth-order valence-electron chi connectivity index (χ4n) is 4.51. The van der Waals surface area contributed by atoms with Crippen LogP contribution in [0.2, 0.25) is 0 Å². The van der Waals surface area contributed by atoms with Crippen LogP contribution in [0.5, 0.6) is 0 Å². The molecule has 0 spiro atoms. The molecule has 7 nitrogen and oxygen atoms in total. The molecule has 188 valence electrons. The smallest absolute Gasteiger partial charge is 0.342 e. The number of carbonyl (C=O) groups excluding carboxylic acids is 1. The summed E-state index contributed by atoms with van der Waals surface area (Å²) in [6.45, 7) is 1.98. The van der Waals surface area contributed by atoms with E-state index < -0.39 is 30.8 Å². The molecule has 1 atom stereocenters. The minimum Gasteiger partial charge on any atom is -0.342 e. The lowest BCUT2D eigenvalue weighted by Gasteiger charge is -2.39. The van der Waals surface area contributed by atoms with Crippen LogP contribution >= 0.6 is 0 Å². The number of anilines is 3. The number of hydrogen-bond acceptors (Lipinski definition) is 6. The summed E-state index contributed by atoms with van der Waals surface area (Å²) in [4.78, 5) is 28.8. The summed E-state index contributed by atoms with van der Waals surface area (Å²) < 4.78 is 66.4. The first kappa shape index (κ1) is 23.7. The molecule has 1 N–H and O–H groups in total. The Morgan fingerprint density at radius 3 is 2.54 bits per heavy atom. The van der Waals surface area contributed by atoms with Crippen LogP contribution in [-0.2, 0) is 11.0 Å². The van der Waals surface area contributed by atoms with Gasteiger partial charge in [0.25, 0.3) is 5.92 Å². The van der Waals surface area contributed by atoms with E-state index in [1.165, 1.54) is 4.90 Å². The third-order valence-electron chi connectivity index (χ3n) is 6.85. The molecule has 2 aromatic rings. The van der Waals surface area contributed by atoms with Crippen LogP contribution in [-0.4, -0.2) is 57.9 Å². The van der Waals surface area contributed by atoms with Gasteiger partial charge in [-0.3, -0.25) is 4.79 Å². The molecule has 1 amide bonds. The van der Waals surface area contributed by atoms with Crippen LogP contribution in [0.25, 0.3) is 0 Å². The quantitative estimate of drug-likeness (QED) is 0.611. The molecule has 0 radical (unpaired) electrons. The highest BCUT2D eigenvalue weighted by molar-refractivity contribution is 5.85. The van der Waals surface area contributed by atoms with Crippen LogP contribution in [0.4, 0.5) is 39.5 Å². The Labute approximate surface area is 198 Å². The number of pyridine rings is 1. The Hall–Kier alpha value is -3.05. The average Bonchev–Trinajstić information content (AvgIpc) is 3.55. The van der Waals surface area contributed by atoms with Gasteiger partial charge in [0.15, 0.2) is 0 Å². The maximum absolute atomic E-state index is 13.5. The van der Waals surface area contributed by atoms with E-state index in [2.05, 4.69) is 20.3 Å². The SMILES string of the molecule is CC1(C(=O)N2CCCC(c3cc(Nc4cc(C(F)(F)F)ccn4)nc(N4CC(F)(F)C4)n3)C2)CC1. The van der Waals surface area contributed by atoms with Gasteiger partial charge in [0.2, 0.25) is 11.9 Å². The van der Waals surface area contributed by atoms with Crippen molar-refractivity contribution in [1.29, 1.82) is 0 Å². The number of halogens is 5. The zero-order valence-corrected chi connectivity index (χ0v) is 19.1. The normalized spacial score (nSPS) is 23.0. The van der Waals surface area contributed by atoms with Crippen molar-refractivity contribution in [1.82, 2.24) is 19.9 Å². The Kier molecular flexibility index (Phi) is 5.59. The highest BCUT2D eigenvalue weighted by Gasteiger charge is 2.48. The first-order chi connectivity index (χ1) is 16.4. The number of hydrogen-bond donors (Lipinski definition) is 1. The number of nitrogens with zero attached hydrogens (tertiary/aromatic N) is 5. The molecule has 0 aromatic carbocycles. The molecule has 2 aromatic heterocycles. The molecule has 2 saturated heterocycles. The highest BCUT2D eigenvalue weighted by atomic mass is 19.4. The Bertz CT molecular complexity index is 1130. The lowest BCUT2D eigenvalue weighted by molar-refractivity contribution is -0.138. The Morgan fingerprint density at radius 2 is 1.89 bits per heavy atom. The highest BCUT2D eigenvalue weighted by Crippen LogP contribution is 2.47. The third-order valence-corrected chi connectivity index (χ3v) is 6.85. The standard InChI is InChI=1S/C23H25F5N6O/c1-21(5-6-21)19(35)33-8-2-3-14(11-33)16-10-18(32-20(30-16)34-12-22(24,25)13-34)31-17-9-15(4-7-29-17)23(26,27)28/h4,7,9-10,14H,2-3,5-6,8,11-13H2,1H3,(H,29,30,31,32). The molecule has 2 aliphatic heterocycles. The molecule has 5 rings (SSSR count). The van der Waals surface area contributed by atoms with E-state index in [9.17, 15) is 26.7 Å². The second-order valence-electron chi connectivity index (χ2n) is 9.89. The number of carbonyl (C=O) groups is 1. The summed E-state index contributed by atoms with van der Waals surface area (Å²) >= 11 is 0. The maximum Gasteiger partial charge on any atom is 0.416 e. The van der Waals surface area contributed by atoms with Gasteiger partial charge >= 0.3 is 6.18 Å². The molecule has 3 aliphatic rings.